The molecule has 0 radical (unpaired) electrons. The molecule has 1 aromatic carbocycles. The molecule has 1 saturated carbocycles. The Bertz CT molecular complexity index is 453. The van der Waals surface area contributed by atoms with Crippen LogP contribution in [0.15, 0.2) is 18.2 Å². The van der Waals surface area contributed by atoms with Crippen LogP contribution in [0.2, 0.25) is 0 Å². The highest BCUT2D eigenvalue weighted by Gasteiger charge is 2.39. The molecule has 1 aliphatic rings. The van der Waals surface area contributed by atoms with Gasteiger partial charge >= 0.3 is 6.18 Å². The quantitative estimate of drug-likeness (QED) is 0.806. The van der Waals surface area contributed by atoms with Crippen LogP contribution >= 0.6 is 0 Å². The molecule has 100 valence electrons. The van der Waals surface area contributed by atoms with E-state index < -0.39 is 17.3 Å². The third-order valence-corrected chi connectivity index (χ3v) is 3.79. The van der Waals surface area contributed by atoms with Crippen LogP contribution < -0.4 is 0 Å². The van der Waals surface area contributed by atoms with E-state index in [0.29, 0.717) is 29.9 Å². The highest BCUT2D eigenvalue weighted by molar-refractivity contribution is 5.37. The van der Waals surface area contributed by atoms with E-state index in [-0.39, 0.29) is 0 Å². The van der Waals surface area contributed by atoms with E-state index in [1.54, 1.807) is 6.92 Å². The van der Waals surface area contributed by atoms with Crippen molar-refractivity contribution in [3.8, 4) is 0 Å². The summed E-state index contributed by atoms with van der Waals surface area (Å²) in [6, 6.07) is 3.61. The van der Waals surface area contributed by atoms with Crippen LogP contribution in [-0.4, -0.2) is 5.11 Å². The van der Waals surface area contributed by atoms with Gasteiger partial charge in [0.15, 0.2) is 0 Å². The lowest BCUT2D eigenvalue weighted by Gasteiger charge is -2.26. The Balaban J connectivity index is 2.36. The predicted octanol–water partition coefficient (Wildman–Crippen LogP) is 4.02. The monoisotopic (exact) mass is 258 g/mol. The number of hydrogen-bond acceptors (Lipinski definition) is 1. The predicted molar refractivity (Wildman–Crippen MR) is 63.1 cm³/mol. The number of alkyl halides is 3. The Morgan fingerprint density at radius 2 is 2.00 bits per heavy atom. The van der Waals surface area contributed by atoms with Crippen LogP contribution in [0.4, 0.5) is 13.2 Å². The van der Waals surface area contributed by atoms with E-state index in [2.05, 4.69) is 6.92 Å². The zero-order valence-corrected chi connectivity index (χ0v) is 10.5. The molecule has 2 unspecified atom stereocenters. The summed E-state index contributed by atoms with van der Waals surface area (Å²) in [5.74, 6) is 0.414. The molecule has 0 amide bonds. The Morgan fingerprint density at radius 3 is 2.44 bits per heavy atom. The minimum Gasteiger partial charge on any atom is -0.385 e. The first-order valence-electron chi connectivity index (χ1n) is 6.13. The summed E-state index contributed by atoms with van der Waals surface area (Å²) in [7, 11) is 0. The summed E-state index contributed by atoms with van der Waals surface area (Å²) >= 11 is 0. The Hall–Kier alpha value is -1.03. The van der Waals surface area contributed by atoms with Gasteiger partial charge in [-0.3, -0.25) is 0 Å². The topological polar surface area (TPSA) is 20.2 Å². The maximum Gasteiger partial charge on any atom is 0.416 e. The molecule has 0 saturated heterocycles. The molecule has 2 rings (SSSR count). The maximum absolute atomic E-state index is 12.6. The molecule has 0 aliphatic heterocycles. The van der Waals surface area contributed by atoms with Crippen molar-refractivity contribution in [2.75, 3.05) is 0 Å². The first-order chi connectivity index (χ1) is 8.22. The molecule has 1 fully saturated rings. The van der Waals surface area contributed by atoms with Gasteiger partial charge in [0.2, 0.25) is 0 Å². The molecule has 1 aliphatic carbocycles. The Labute approximate surface area is 105 Å². The molecular formula is C14H17F3O. The fourth-order valence-corrected chi connectivity index (χ4v) is 2.87. The molecule has 2 atom stereocenters. The lowest BCUT2D eigenvalue weighted by atomic mass is 9.87. The summed E-state index contributed by atoms with van der Waals surface area (Å²) in [6.45, 7) is 3.68. The number of aliphatic hydroxyl groups is 1. The molecule has 1 nitrogen and oxygen atoms in total. The molecule has 1 N–H and O–H groups in total. The number of benzene rings is 1. The lowest BCUT2D eigenvalue weighted by Crippen LogP contribution is -2.23. The van der Waals surface area contributed by atoms with Crippen LogP contribution in [0, 0.1) is 12.8 Å². The molecule has 18 heavy (non-hydrogen) atoms. The Kier molecular flexibility index (Phi) is 3.18. The van der Waals surface area contributed by atoms with Crippen molar-refractivity contribution < 1.29 is 18.3 Å². The number of halogens is 3. The van der Waals surface area contributed by atoms with E-state index in [1.165, 1.54) is 6.07 Å². The van der Waals surface area contributed by atoms with Gasteiger partial charge < -0.3 is 5.11 Å². The van der Waals surface area contributed by atoms with Crippen molar-refractivity contribution in [2.45, 2.75) is 44.9 Å². The summed E-state index contributed by atoms with van der Waals surface area (Å²) in [5.41, 5.74) is -0.451. The van der Waals surface area contributed by atoms with Gasteiger partial charge in [-0.2, -0.15) is 13.2 Å². The Morgan fingerprint density at radius 1 is 1.33 bits per heavy atom. The fraction of sp³-hybridized carbons (Fsp3) is 0.571. The third kappa shape index (κ3) is 2.39. The molecule has 0 spiro atoms. The first-order valence-corrected chi connectivity index (χ1v) is 6.13. The molecule has 4 heteroatoms. The van der Waals surface area contributed by atoms with Crippen molar-refractivity contribution >= 4 is 0 Å². The molecule has 1 aromatic rings. The van der Waals surface area contributed by atoms with Crippen LogP contribution in [0.1, 0.15) is 42.9 Å². The van der Waals surface area contributed by atoms with Crippen molar-refractivity contribution in [3.63, 3.8) is 0 Å². The molecule has 0 bridgehead atoms. The number of rotatable bonds is 1. The SMILES string of the molecule is Cc1cc(C(F)(F)F)ccc1C1(O)CCC(C)C1. The molecule has 0 aromatic heterocycles. The summed E-state index contributed by atoms with van der Waals surface area (Å²) < 4.78 is 37.7. The summed E-state index contributed by atoms with van der Waals surface area (Å²) in [4.78, 5) is 0. The molecular weight excluding hydrogens is 241 g/mol. The van der Waals surface area contributed by atoms with Crippen molar-refractivity contribution in [1.82, 2.24) is 0 Å². The summed E-state index contributed by atoms with van der Waals surface area (Å²) in [6.07, 6.45) is -2.16. The van der Waals surface area contributed by atoms with Gasteiger partial charge in [-0.1, -0.05) is 13.0 Å². The summed E-state index contributed by atoms with van der Waals surface area (Å²) in [5, 5.41) is 10.5. The van der Waals surface area contributed by atoms with Gasteiger partial charge in [-0.15, -0.1) is 0 Å². The smallest absolute Gasteiger partial charge is 0.385 e. The van der Waals surface area contributed by atoms with Crippen molar-refractivity contribution in [3.05, 3.63) is 34.9 Å². The van der Waals surface area contributed by atoms with Crippen molar-refractivity contribution in [1.29, 1.82) is 0 Å². The van der Waals surface area contributed by atoms with Crippen LogP contribution in [-0.2, 0) is 11.8 Å². The van der Waals surface area contributed by atoms with Gasteiger partial charge in [0.1, 0.15) is 0 Å². The minimum atomic E-state index is -4.32. The maximum atomic E-state index is 12.6. The minimum absolute atomic E-state index is 0.414. The number of hydrogen-bond donors (Lipinski definition) is 1. The van der Waals surface area contributed by atoms with Crippen LogP contribution in [0.3, 0.4) is 0 Å². The highest BCUT2D eigenvalue weighted by atomic mass is 19.4. The number of aryl methyl sites for hydroxylation is 1. The standard InChI is InChI=1S/C14H17F3O/c1-9-5-6-13(18,8-9)12-4-3-11(7-10(12)2)14(15,16)17/h3-4,7,9,18H,5-6,8H2,1-2H3. The van der Waals surface area contributed by atoms with E-state index in [4.69, 9.17) is 0 Å². The van der Waals surface area contributed by atoms with Crippen LogP contribution in [0.5, 0.6) is 0 Å². The van der Waals surface area contributed by atoms with Crippen molar-refractivity contribution in [2.24, 2.45) is 5.92 Å². The average molecular weight is 258 g/mol. The van der Waals surface area contributed by atoms with Crippen LogP contribution in [0.25, 0.3) is 0 Å². The van der Waals surface area contributed by atoms with Gasteiger partial charge in [0.05, 0.1) is 11.2 Å². The average Bonchev–Trinajstić information content (AvgIpc) is 2.58. The normalized spacial score (nSPS) is 28.7. The second kappa shape index (κ2) is 4.26. The zero-order valence-electron chi connectivity index (χ0n) is 10.5. The largest absolute Gasteiger partial charge is 0.416 e. The first kappa shape index (κ1) is 13.4. The van der Waals surface area contributed by atoms with Gasteiger partial charge in [-0.05, 0) is 55.4 Å². The second-order valence-corrected chi connectivity index (χ2v) is 5.41. The van der Waals surface area contributed by atoms with Gasteiger partial charge in [-0.25, -0.2) is 0 Å². The highest BCUT2D eigenvalue weighted by Crippen LogP contribution is 2.43. The van der Waals surface area contributed by atoms with E-state index in [1.807, 2.05) is 0 Å². The van der Waals surface area contributed by atoms with Gasteiger partial charge in [0.25, 0.3) is 0 Å². The molecule has 0 heterocycles. The van der Waals surface area contributed by atoms with Gasteiger partial charge in [0, 0.05) is 0 Å². The lowest BCUT2D eigenvalue weighted by molar-refractivity contribution is -0.137. The second-order valence-electron chi connectivity index (χ2n) is 5.41. The van der Waals surface area contributed by atoms with E-state index >= 15 is 0 Å². The van der Waals surface area contributed by atoms with E-state index in [0.717, 1.165) is 18.6 Å². The van der Waals surface area contributed by atoms with E-state index in [9.17, 15) is 18.3 Å². The zero-order chi connectivity index (χ0) is 13.6. The fourth-order valence-electron chi connectivity index (χ4n) is 2.87. The third-order valence-electron chi connectivity index (χ3n) is 3.79.